The minimum Gasteiger partial charge on any atom is -0.443 e. The summed E-state index contributed by atoms with van der Waals surface area (Å²) in [7, 11) is 0. The first-order chi connectivity index (χ1) is 9.11. The Morgan fingerprint density at radius 2 is 2.00 bits per heavy atom. The molecule has 3 nitrogen and oxygen atoms in total. The van der Waals surface area contributed by atoms with E-state index in [-0.39, 0.29) is 5.56 Å². The fourth-order valence-electron chi connectivity index (χ4n) is 1.78. The quantitative estimate of drug-likeness (QED) is 0.801. The van der Waals surface area contributed by atoms with Crippen LogP contribution in [0.3, 0.4) is 0 Å². The Hall–Kier alpha value is -1.57. The number of nitrogens with one attached hydrogen (secondary N) is 1. The van der Waals surface area contributed by atoms with Crippen molar-refractivity contribution in [3.63, 3.8) is 0 Å². The number of cyclic esters (lactones) is 1. The highest BCUT2D eigenvalue weighted by Crippen LogP contribution is 2.39. The van der Waals surface area contributed by atoms with Crippen molar-refractivity contribution in [2.45, 2.75) is 18.1 Å². The van der Waals surface area contributed by atoms with Crippen LogP contribution in [-0.2, 0) is 10.9 Å². The Morgan fingerprint density at radius 3 is 2.55 bits per heavy atom. The molecule has 2 rings (SSSR count). The zero-order chi connectivity index (χ0) is 15.1. The molecule has 110 valence electrons. The Labute approximate surface area is 114 Å². The average Bonchev–Trinajstić information content (AvgIpc) is 2.30. The number of halogens is 6. The first-order valence-corrected chi connectivity index (χ1v) is 5.67. The fourth-order valence-corrected chi connectivity index (χ4v) is 2.07. The maximum absolute atomic E-state index is 13.6. The summed E-state index contributed by atoms with van der Waals surface area (Å²) in [6, 6.07) is 0.409. The lowest BCUT2D eigenvalue weighted by molar-refractivity contribution is -0.137. The lowest BCUT2D eigenvalue weighted by Gasteiger charge is -2.32. The molecule has 1 saturated heterocycles. The number of rotatable bonds is 1. The predicted molar refractivity (Wildman–Crippen MR) is 58.6 cm³/mol. The third-order valence-corrected chi connectivity index (χ3v) is 3.02. The first kappa shape index (κ1) is 14.8. The summed E-state index contributed by atoms with van der Waals surface area (Å²) in [5, 5.41) is 1.14. The summed E-state index contributed by atoms with van der Waals surface area (Å²) in [5.74, 6) is -3.45. The highest BCUT2D eigenvalue weighted by atomic mass is 35.5. The Kier molecular flexibility index (Phi) is 3.53. The molecule has 0 radical (unpaired) electrons. The van der Waals surface area contributed by atoms with Crippen molar-refractivity contribution < 1.29 is 31.5 Å². The standard InChI is InChI=1S/C11H7ClF5NO2/c12-7-3-5(1-2-6(7)11(15,16)17)8-10(13,14)4-20-9(19)18-8/h1-3,8H,4H2,(H,18,19)/t8-/m1/s1. The molecular weight excluding hydrogens is 309 g/mol. The minimum absolute atomic E-state index is 0.232. The van der Waals surface area contributed by atoms with Gasteiger partial charge in [-0.25, -0.2) is 13.6 Å². The second-order valence-electron chi connectivity index (χ2n) is 4.15. The molecule has 20 heavy (non-hydrogen) atoms. The van der Waals surface area contributed by atoms with E-state index in [2.05, 4.69) is 4.74 Å². The van der Waals surface area contributed by atoms with Gasteiger partial charge in [0, 0.05) is 0 Å². The zero-order valence-electron chi connectivity index (χ0n) is 9.60. The van der Waals surface area contributed by atoms with Crippen LogP contribution in [-0.4, -0.2) is 18.6 Å². The maximum atomic E-state index is 13.6. The van der Waals surface area contributed by atoms with Crippen LogP contribution in [0.4, 0.5) is 26.7 Å². The number of ether oxygens (including phenoxy) is 1. The molecule has 9 heteroatoms. The third-order valence-electron chi connectivity index (χ3n) is 2.71. The van der Waals surface area contributed by atoms with Crippen molar-refractivity contribution in [3.8, 4) is 0 Å². The van der Waals surface area contributed by atoms with Gasteiger partial charge in [0.1, 0.15) is 6.04 Å². The van der Waals surface area contributed by atoms with Crippen LogP contribution >= 0.6 is 11.6 Å². The molecule has 1 aromatic carbocycles. The second-order valence-corrected chi connectivity index (χ2v) is 4.56. The van der Waals surface area contributed by atoms with Crippen LogP contribution in [0.2, 0.25) is 5.02 Å². The van der Waals surface area contributed by atoms with Crippen molar-refractivity contribution >= 4 is 17.7 Å². The van der Waals surface area contributed by atoms with Crippen LogP contribution in [0.15, 0.2) is 18.2 Å². The number of alkyl carbamates (subject to hydrolysis) is 1. The van der Waals surface area contributed by atoms with Gasteiger partial charge in [-0.2, -0.15) is 13.2 Å². The summed E-state index contributed by atoms with van der Waals surface area (Å²) in [6.07, 6.45) is -5.76. The number of amides is 1. The van der Waals surface area contributed by atoms with Crippen LogP contribution in [0.1, 0.15) is 17.2 Å². The topological polar surface area (TPSA) is 38.3 Å². The van der Waals surface area contributed by atoms with E-state index in [1.807, 2.05) is 5.32 Å². The molecule has 1 aromatic rings. The van der Waals surface area contributed by atoms with E-state index in [4.69, 9.17) is 11.6 Å². The highest BCUT2D eigenvalue weighted by Gasteiger charge is 2.47. The average molecular weight is 316 g/mol. The van der Waals surface area contributed by atoms with Gasteiger partial charge >= 0.3 is 18.2 Å². The van der Waals surface area contributed by atoms with Crippen molar-refractivity contribution in [3.05, 3.63) is 34.3 Å². The molecule has 1 amide bonds. The number of alkyl halides is 5. The monoisotopic (exact) mass is 315 g/mol. The van der Waals surface area contributed by atoms with E-state index in [0.717, 1.165) is 12.1 Å². The zero-order valence-corrected chi connectivity index (χ0v) is 10.4. The molecule has 0 saturated carbocycles. The van der Waals surface area contributed by atoms with Gasteiger partial charge in [-0.05, 0) is 17.7 Å². The van der Waals surface area contributed by atoms with E-state index >= 15 is 0 Å². The van der Waals surface area contributed by atoms with Gasteiger partial charge in [0.05, 0.1) is 10.6 Å². The van der Waals surface area contributed by atoms with E-state index < -0.39 is 41.4 Å². The smallest absolute Gasteiger partial charge is 0.417 e. The summed E-state index contributed by atoms with van der Waals surface area (Å²) in [6.45, 7) is -1.15. The molecule has 0 spiro atoms. The number of benzene rings is 1. The minimum atomic E-state index is -4.68. The molecule has 0 aromatic heterocycles. The normalized spacial score (nSPS) is 22.1. The first-order valence-electron chi connectivity index (χ1n) is 5.29. The molecule has 1 aliphatic rings. The molecular formula is C11H7ClF5NO2. The van der Waals surface area contributed by atoms with E-state index in [1.54, 1.807) is 0 Å². The summed E-state index contributed by atoms with van der Waals surface area (Å²) < 4.78 is 68.9. The third kappa shape index (κ3) is 2.79. The van der Waals surface area contributed by atoms with Crippen LogP contribution in [0.25, 0.3) is 0 Å². The van der Waals surface area contributed by atoms with Crippen molar-refractivity contribution in [2.75, 3.05) is 6.61 Å². The highest BCUT2D eigenvalue weighted by molar-refractivity contribution is 6.31. The molecule has 1 heterocycles. The Bertz CT molecular complexity index is 546. The number of hydrogen-bond donors (Lipinski definition) is 1. The van der Waals surface area contributed by atoms with Gasteiger partial charge < -0.3 is 10.1 Å². The molecule has 1 fully saturated rings. The lowest BCUT2D eigenvalue weighted by atomic mass is 9.98. The van der Waals surface area contributed by atoms with Gasteiger partial charge in [-0.15, -0.1) is 0 Å². The van der Waals surface area contributed by atoms with Gasteiger partial charge in [-0.3, -0.25) is 0 Å². The molecule has 0 unspecified atom stereocenters. The van der Waals surface area contributed by atoms with Gasteiger partial charge in [0.15, 0.2) is 6.61 Å². The molecule has 0 bridgehead atoms. The molecule has 0 aliphatic carbocycles. The number of carbonyl (C=O) groups is 1. The van der Waals surface area contributed by atoms with Crippen LogP contribution < -0.4 is 5.32 Å². The SMILES string of the molecule is O=C1N[C@H](c2ccc(C(F)(F)F)c(Cl)c2)C(F)(F)CO1. The molecule has 1 atom stereocenters. The summed E-state index contributed by atoms with van der Waals surface area (Å²) >= 11 is 5.45. The largest absolute Gasteiger partial charge is 0.443 e. The van der Waals surface area contributed by atoms with Crippen molar-refractivity contribution in [1.29, 1.82) is 0 Å². The van der Waals surface area contributed by atoms with Crippen LogP contribution in [0, 0.1) is 0 Å². The van der Waals surface area contributed by atoms with Crippen LogP contribution in [0.5, 0.6) is 0 Å². The second kappa shape index (κ2) is 4.76. The number of hydrogen-bond acceptors (Lipinski definition) is 2. The Morgan fingerprint density at radius 1 is 1.35 bits per heavy atom. The van der Waals surface area contributed by atoms with E-state index in [9.17, 15) is 26.7 Å². The van der Waals surface area contributed by atoms with E-state index in [1.165, 1.54) is 0 Å². The van der Waals surface area contributed by atoms with Crippen molar-refractivity contribution in [2.24, 2.45) is 0 Å². The summed E-state index contributed by atoms with van der Waals surface area (Å²) in [5.41, 5.74) is -1.37. The van der Waals surface area contributed by atoms with Crippen molar-refractivity contribution in [1.82, 2.24) is 5.32 Å². The van der Waals surface area contributed by atoms with Gasteiger partial charge in [0.25, 0.3) is 0 Å². The number of carbonyl (C=O) groups excluding carboxylic acids is 1. The summed E-state index contributed by atoms with van der Waals surface area (Å²) in [4.78, 5) is 11.0. The molecule has 1 N–H and O–H groups in total. The Balaban J connectivity index is 2.38. The maximum Gasteiger partial charge on any atom is 0.417 e. The fraction of sp³-hybridized carbons (Fsp3) is 0.364. The lowest BCUT2D eigenvalue weighted by Crippen LogP contribution is -2.49. The van der Waals surface area contributed by atoms with E-state index in [0.29, 0.717) is 6.07 Å². The molecule has 1 aliphatic heterocycles. The predicted octanol–water partition coefficient (Wildman–Crippen LogP) is 3.78. The van der Waals surface area contributed by atoms with Gasteiger partial charge in [0.2, 0.25) is 0 Å². The van der Waals surface area contributed by atoms with Gasteiger partial charge in [-0.1, -0.05) is 17.7 Å².